The van der Waals surface area contributed by atoms with Crippen molar-refractivity contribution in [2.75, 3.05) is 14.1 Å². The molecule has 2 rings (SSSR count). The Balaban J connectivity index is 2.19. The number of carbonyl (C=O) groups excluding carboxylic acids is 1. The van der Waals surface area contributed by atoms with Crippen LogP contribution in [-0.4, -0.2) is 30.1 Å². The van der Waals surface area contributed by atoms with Crippen molar-refractivity contribution < 1.29 is 9.32 Å². The Morgan fingerprint density at radius 2 is 2.00 bits per heavy atom. The van der Waals surface area contributed by atoms with E-state index < -0.39 is 0 Å². The normalized spacial score (nSPS) is 17.0. The Labute approximate surface area is 114 Å². The zero-order chi connectivity index (χ0) is 13.8. The van der Waals surface area contributed by atoms with Crippen molar-refractivity contribution >= 4 is 12.0 Å². The van der Waals surface area contributed by atoms with Crippen molar-refractivity contribution in [3.63, 3.8) is 0 Å². The first-order valence-electron chi connectivity index (χ1n) is 6.95. The first kappa shape index (κ1) is 13.8. The van der Waals surface area contributed by atoms with Gasteiger partial charge in [-0.3, -0.25) is 4.79 Å². The summed E-state index contributed by atoms with van der Waals surface area (Å²) in [5, 5.41) is 4.21. The molecule has 1 aromatic heterocycles. The molecule has 1 saturated carbocycles. The van der Waals surface area contributed by atoms with Gasteiger partial charge in [0.25, 0.3) is 0 Å². The number of hydrogen-bond donors (Lipinski definition) is 0. The van der Waals surface area contributed by atoms with Crippen LogP contribution in [0.3, 0.4) is 0 Å². The maximum atomic E-state index is 11.6. The van der Waals surface area contributed by atoms with E-state index in [1.807, 2.05) is 13.0 Å². The smallest absolute Gasteiger partial charge is 0.246 e. The van der Waals surface area contributed by atoms with Crippen LogP contribution in [0.4, 0.5) is 0 Å². The topological polar surface area (TPSA) is 46.3 Å². The summed E-state index contributed by atoms with van der Waals surface area (Å²) in [6, 6.07) is 0. The van der Waals surface area contributed by atoms with Gasteiger partial charge in [-0.1, -0.05) is 24.4 Å². The molecule has 4 heteroatoms. The van der Waals surface area contributed by atoms with Crippen molar-refractivity contribution in [1.82, 2.24) is 10.1 Å². The molecule has 0 saturated heterocycles. The average molecular weight is 262 g/mol. The van der Waals surface area contributed by atoms with Crippen LogP contribution >= 0.6 is 0 Å². The molecule has 1 heterocycles. The number of rotatable bonds is 3. The molecule has 1 amide bonds. The Morgan fingerprint density at radius 3 is 2.63 bits per heavy atom. The number of hydrogen-bond acceptors (Lipinski definition) is 3. The lowest BCUT2D eigenvalue weighted by Gasteiger charge is -2.19. The van der Waals surface area contributed by atoms with Crippen LogP contribution in [0.2, 0.25) is 0 Å². The highest BCUT2D eigenvalue weighted by Crippen LogP contribution is 2.35. The molecule has 0 spiro atoms. The Morgan fingerprint density at radius 1 is 1.32 bits per heavy atom. The fourth-order valence-corrected chi connectivity index (χ4v) is 2.57. The number of nitrogens with zero attached hydrogens (tertiary/aromatic N) is 2. The number of aryl methyl sites for hydroxylation is 1. The van der Waals surface area contributed by atoms with Gasteiger partial charge in [-0.15, -0.1) is 0 Å². The van der Waals surface area contributed by atoms with Gasteiger partial charge < -0.3 is 9.42 Å². The second kappa shape index (κ2) is 6.04. The van der Waals surface area contributed by atoms with E-state index >= 15 is 0 Å². The summed E-state index contributed by atoms with van der Waals surface area (Å²) in [7, 11) is 3.49. The second-order valence-corrected chi connectivity index (χ2v) is 5.44. The molecule has 0 unspecified atom stereocenters. The van der Waals surface area contributed by atoms with Gasteiger partial charge in [0.2, 0.25) is 5.91 Å². The number of likely N-dealkylation sites (N-methyl/N-ethyl adjacent to an activating group) is 1. The zero-order valence-corrected chi connectivity index (χ0v) is 12.0. The van der Waals surface area contributed by atoms with E-state index in [9.17, 15) is 4.79 Å². The third kappa shape index (κ3) is 3.25. The van der Waals surface area contributed by atoms with Gasteiger partial charge in [0.1, 0.15) is 5.76 Å². The van der Waals surface area contributed by atoms with Crippen LogP contribution in [0.5, 0.6) is 0 Å². The van der Waals surface area contributed by atoms with E-state index in [1.54, 1.807) is 25.1 Å². The van der Waals surface area contributed by atoms with E-state index in [0.717, 1.165) is 17.0 Å². The highest BCUT2D eigenvalue weighted by atomic mass is 16.5. The molecule has 19 heavy (non-hydrogen) atoms. The predicted molar refractivity (Wildman–Crippen MR) is 74.8 cm³/mol. The van der Waals surface area contributed by atoms with Gasteiger partial charge in [0.15, 0.2) is 0 Å². The third-order valence-corrected chi connectivity index (χ3v) is 3.76. The molecule has 1 fully saturated rings. The van der Waals surface area contributed by atoms with Crippen LogP contribution in [0, 0.1) is 6.92 Å². The maximum Gasteiger partial charge on any atom is 0.246 e. The van der Waals surface area contributed by atoms with Crippen LogP contribution in [-0.2, 0) is 4.79 Å². The van der Waals surface area contributed by atoms with Gasteiger partial charge in [-0.05, 0) is 25.8 Å². The summed E-state index contributed by atoms with van der Waals surface area (Å²) >= 11 is 0. The summed E-state index contributed by atoms with van der Waals surface area (Å²) in [6.07, 6.45) is 9.62. The first-order chi connectivity index (χ1) is 9.09. The molecular weight excluding hydrogens is 240 g/mol. The largest absolute Gasteiger partial charge is 0.361 e. The van der Waals surface area contributed by atoms with Crippen molar-refractivity contribution in [2.24, 2.45) is 0 Å². The number of aromatic nitrogens is 1. The number of carbonyl (C=O) groups is 1. The zero-order valence-electron chi connectivity index (χ0n) is 12.0. The highest BCUT2D eigenvalue weighted by Gasteiger charge is 2.22. The van der Waals surface area contributed by atoms with E-state index in [2.05, 4.69) is 5.16 Å². The molecule has 0 N–H and O–H groups in total. The molecule has 0 bridgehead atoms. The minimum Gasteiger partial charge on any atom is -0.361 e. The summed E-state index contributed by atoms with van der Waals surface area (Å²) < 4.78 is 5.32. The molecule has 104 valence electrons. The van der Waals surface area contributed by atoms with Crippen LogP contribution in [0.1, 0.15) is 55.0 Å². The highest BCUT2D eigenvalue weighted by molar-refractivity contribution is 5.91. The maximum absolute atomic E-state index is 11.6. The molecule has 1 aliphatic carbocycles. The Kier molecular flexibility index (Phi) is 4.40. The van der Waals surface area contributed by atoms with Crippen molar-refractivity contribution in [3.05, 3.63) is 23.1 Å². The summed E-state index contributed by atoms with van der Waals surface area (Å²) in [6.45, 7) is 1.90. The van der Waals surface area contributed by atoms with Crippen LogP contribution < -0.4 is 0 Å². The molecule has 0 atom stereocenters. The lowest BCUT2D eigenvalue weighted by molar-refractivity contribution is -0.123. The lowest BCUT2D eigenvalue weighted by atomic mass is 9.85. The van der Waals surface area contributed by atoms with E-state index in [0.29, 0.717) is 5.92 Å². The van der Waals surface area contributed by atoms with Gasteiger partial charge in [-0.25, -0.2) is 0 Å². The van der Waals surface area contributed by atoms with Gasteiger partial charge in [-0.2, -0.15) is 0 Å². The predicted octanol–water partition coefficient (Wildman–Crippen LogP) is 3.13. The first-order valence-corrected chi connectivity index (χ1v) is 6.95. The van der Waals surface area contributed by atoms with Crippen molar-refractivity contribution in [3.8, 4) is 0 Å². The quantitative estimate of drug-likeness (QED) is 0.786. The average Bonchev–Trinajstić information content (AvgIpc) is 2.78. The monoisotopic (exact) mass is 262 g/mol. The molecule has 4 nitrogen and oxygen atoms in total. The Hall–Kier alpha value is -1.58. The summed E-state index contributed by atoms with van der Waals surface area (Å²) in [4.78, 5) is 13.2. The molecule has 0 radical (unpaired) electrons. The third-order valence-electron chi connectivity index (χ3n) is 3.76. The second-order valence-electron chi connectivity index (χ2n) is 5.44. The van der Waals surface area contributed by atoms with E-state index in [-0.39, 0.29) is 5.91 Å². The molecule has 0 aliphatic heterocycles. The van der Waals surface area contributed by atoms with Crippen molar-refractivity contribution in [2.45, 2.75) is 44.9 Å². The minimum atomic E-state index is -0.0183. The molecular formula is C15H22N2O2. The van der Waals surface area contributed by atoms with Gasteiger partial charge in [0.05, 0.1) is 5.69 Å². The fourth-order valence-electron chi connectivity index (χ4n) is 2.57. The minimum absolute atomic E-state index is 0.0183. The van der Waals surface area contributed by atoms with Crippen molar-refractivity contribution in [1.29, 1.82) is 0 Å². The summed E-state index contributed by atoms with van der Waals surface area (Å²) in [5.41, 5.74) is 2.02. The molecule has 1 aromatic rings. The summed E-state index contributed by atoms with van der Waals surface area (Å²) in [5.74, 6) is 1.26. The molecule has 0 aromatic carbocycles. The van der Waals surface area contributed by atoms with Gasteiger partial charge in [0, 0.05) is 31.7 Å². The SMILES string of the molecule is Cc1onc(C2CCCCC2)c1C=CC(=O)N(C)C. The standard InChI is InChI=1S/C15H22N2O2/c1-11-13(9-10-14(18)17(2)3)15(16-19-11)12-7-5-4-6-8-12/h9-10,12H,4-8H2,1-3H3. The van der Waals surface area contributed by atoms with Crippen LogP contribution in [0.25, 0.3) is 6.08 Å². The number of amides is 1. The van der Waals surface area contributed by atoms with E-state index in [1.165, 1.54) is 32.1 Å². The Bertz CT molecular complexity index is 468. The van der Waals surface area contributed by atoms with Gasteiger partial charge >= 0.3 is 0 Å². The molecule has 1 aliphatic rings. The van der Waals surface area contributed by atoms with E-state index in [4.69, 9.17) is 4.52 Å². The van der Waals surface area contributed by atoms with Crippen LogP contribution in [0.15, 0.2) is 10.6 Å². The fraction of sp³-hybridized carbons (Fsp3) is 0.600. The lowest BCUT2D eigenvalue weighted by Crippen LogP contribution is -2.18.